The SMILES string of the molecule is Cc1ccc(N2C(=O)[C@H]3[C@H](ON(c4ccccc4)[C@@H]3c3sc(=O)n(-c4ccccc4)c3Cl)C2=O)cc1. The zero-order chi connectivity index (χ0) is 25.0. The number of thiazole rings is 1. The third-order valence-electron chi connectivity index (χ3n) is 6.48. The number of benzene rings is 3. The number of aromatic nitrogens is 1. The van der Waals surface area contributed by atoms with Crippen LogP contribution in [0.1, 0.15) is 16.5 Å². The second-order valence-corrected chi connectivity index (χ2v) is 10.1. The van der Waals surface area contributed by atoms with E-state index in [0.29, 0.717) is 21.9 Å². The Hall–Kier alpha value is -3.72. The zero-order valence-electron chi connectivity index (χ0n) is 19.1. The first kappa shape index (κ1) is 22.7. The van der Waals surface area contributed by atoms with E-state index in [1.807, 2.05) is 67.6 Å². The van der Waals surface area contributed by atoms with Crippen molar-refractivity contribution in [3.63, 3.8) is 0 Å². The fourth-order valence-electron chi connectivity index (χ4n) is 4.78. The van der Waals surface area contributed by atoms with Gasteiger partial charge in [-0.05, 0) is 43.3 Å². The van der Waals surface area contributed by atoms with Gasteiger partial charge in [-0.2, -0.15) is 0 Å². The van der Waals surface area contributed by atoms with Crippen LogP contribution in [0.3, 0.4) is 0 Å². The first-order valence-electron chi connectivity index (χ1n) is 11.4. The van der Waals surface area contributed by atoms with E-state index in [9.17, 15) is 14.4 Å². The number of amides is 2. The lowest BCUT2D eigenvalue weighted by atomic mass is 9.95. The number of anilines is 2. The molecule has 6 rings (SSSR count). The number of rotatable bonds is 4. The molecule has 3 heterocycles. The van der Waals surface area contributed by atoms with Crippen molar-refractivity contribution in [1.29, 1.82) is 0 Å². The minimum absolute atomic E-state index is 0.195. The van der Waals surface area contributed by atoms with Crippen LogP contribution in [0.4, 0.5) is 11.4 Å². The number of aryl methyl sites for hydroxylation is 1. The van der Waals surface area contributed by atoms with E-state index in [0.717, 1.165) is 16.9 Å². The molecule has 1 aromatic heterocycles. The molecule has 2 aliphatic heterocycles. The van der Waals surface area contributed by atoms with E-state index in [1.54, 1.807) is 29.3 Å². The van der Waals surface area contributed by atoms with Gasteiger partial charge >= 0.3 is 4.87 Å². The van der Waals surface area contributed by atoms with Crippen molar-refractivity contribution in [2.45, 2.75) is 19.1 Å². The van der Waals surface area contributed by atoms with Crippen LogP contribution >= 0.6 is 22.9 Å². The van der Waals surface area contributed by atoms with E-state index in [2.05, 4.69) is 0 Å². The zero-order valence-corrected chi connectivity index (χ0v) is 20.6. The Morgan fingerprint density at radius 2 is 1.39 bits per heavy atom. The van der Waals surface area contributed by atoms with Crippen LogP contribution in [0.2, 0.25) is 5.15 Å². The minimum Gasteiger partial charge on any atom is -0.273 e. The summed E-state index contributed by atoms with van der Waals surface area (Å²) in [4.78, 5) is 47.9. The summed E-state index contributed by atoms with van der Waals surface area (Å²) >= 11 is 7.78. The maximum Gasteiger partial charge on any atom is 0.313 e. The van der Waals surface area contributed by atoms with Gasteiger partial charge in [0, 0.05) is 0 Å². The van der Waals surface area contributed by atoms with Gasteiger partial charge in [0.1, 0.15) is 17.1 Å². The van der Waals surface area contributed by atoms with Gasteiger partial charge in [0.2, 0.25) is 5.91 Å². The predicted molar refractivity (Wildman–Crippen MR) is 139 cm³/mol. The van der Waals surface area contributed by atoms with Crippen molar-refractivity contribution in [2.75, 3.05) is 9.96 Å². The van der Waals surface area contributed by atoms with Gasteiger partial charge in [-0.3, -0.25) is 23.8 Å². The van der Waals surface area contributed by atoms with Crippen molar-refractivity contribution in [3.8, 4) is 5.69 Å². The van der Waals surface area contributed by atoms with Gasteiger partial charge in [-0.1, -0.05) is 77.0 Å². The van der Waals surface area contributed by atoms with Crippen molar-refractivity contribution >= 4 is 46.1 Å². The van der Waals surface area contributed by atoms with Crippen LogP contribution < -0.4 is 14.8 Å². The Kier molecular flexibility index (Phi) is 5.52. The number of hydroxylamine groups is 1. The van der Waals surface area contributed by atoms with Gasteiger partial charge in [0.25, 0.3) is 5.91 Å². The molecule has 2 saturated heterocycles. The molecule has 36 heavy (non-hydrogen) atoms. The molecule has 0 spiro atoms. The van der Waals surface area contributed by atoms with E-state index in [4.69, 9.17) is 16.4 Å². The molecule has 0 unspecified atom stereocenters. The van der Waals surface area contributed by atoms with Crippen LogP contribution in [-0.2, 0) is 14.4 Å². The summed E-state index contributed by atoms with van der Waals surface area (Å²) in [5.74, 6) is -1.71. The topological polar surface area (TPSA) is 71.8 Å². The summed E-state index contributed by atoms with van der Waals surface area (Å²) in [6, 6.07) is 24.7. The highest BCUT2D eigenvalue weighted by molar-refractivity contribution is 7.10. The van der Waals surface area contributed by atoms with Crippen LogP contribution in [0.15, 0.2) is 89.7 Å². The van der Waals surface area contributed by atoms with Crippen molar-refractivity contribution in [1.82, 2.24) is 4.57 Å². The van der Waals surface area contributed by atoms with Crippen LogP contribution in [0.5, 0.6) is 0 Å². The molecule has 7 nitrogen and oxygen atoms in total. The summed E-state index contributed by atoms with van der Waals surface area (Å²) in [6.07, 6.45) is -1.04. The normalized spacial score (nSPS) is 21.3. The highest BCUT2D eigenvalue weighted by atomic mass is 35.5. The average molecular weight is 518 g/mol. The number of nitrogens with zero attached hydrogens (tertiary/aromatic N) is 3. The summed E-state index contributed by atoms with van der Waals surface area (Å²) in [5, 5.41) is 1.74. The van der Waals surface area contributed by atoms with Crippen molar-refractivity contribution < 1.29 is 14.4 Å². The molecule has 9 heteroatoms. The third kappa shape index (κ3) is 3.49. The van der Waals surface area contributed by atoms with Crippen LogP contribution in [-0.4, -0.2) is 22.5 Å². The summed E-state index contributed by atoms with van der Waals surface area (Å²) < 4.78 is 1.41. The Bertz CT molecular complexity index is 1520. The molecule has 3 aromatic carbocycles. The number of hydrogen-bond donors (Lipinski definition) is 0. The summed E-state index contributed by atoms with van der Waals surface area (Å²) in [5.41, 5.74) is 2.77. The monoisotopic (exact) mass is 517 g/mol. The van der Waals surface area contributed by atoms with Crippen LogP contribution in [0, 0.1) is 12.8 Å². The lowest BCUT2D eigenvalue weighted by Crippen LogP contribution is -2.37. The van der Waals surface area contributed by atoms with Crippen molar-refractivity contribution in [3.05, 3.63) is 110 Å². The number of carbonyl (C=O) groups is 2. The first-order valence-corrected chi connectivity index (χ1v) is 12.6. The fourth-order valence-corrected chi connectivity index (χ4v) is 6.24. The maximum absolute atomic E-state index is 13.8. The Morgan fingerprint density at radius 1 is 0.778 bits per heavy atom. The average Bonchev–Trinajstić information content (AvgIpc) is 3.50. The fraction of sp³-hybridized carbons (Fsp3) is 0.148. The second kappa shape index (κ2) is 8.74. The molecule has 0 radical (unpaired) electrons. The first-order chi connectivity index (χ1) is 17.5. The lowest BCUT2D eigenvalue weighted by molar-refractivity contribution is -0.126. The van der Waals surface area contributed by atoms with E-state index < -0.39 is 24.0 Å². The number of imide groups is 1. The molecule has 0 saturated carbocycles. The lowest BCUT2D eigenvalue weighted by Gasteiger charge is -2.28. The molecule has 3 atom stereocenters. The number of para-hydroxylation sites is 2. The molecule has 0 aliphatic carbocycles. The van der Waals surface area contributed by atoms with Crippen LogP contribution in [0.25, 0.3) is 5.69 Å². The number of hydrogen-bond acceptors (Lipinski definition) is 6. The van der Waals surface area contributed by atoms with Gasteiger partial charge in [0.15, 0.2) is 6.10 Å². The third-order valence-corrected chi connectivity index (χ3v) is 7.98. The largest absolute Gasteiger partial charge is 0.313 e. The predicted octanol–water partition coefficient (Wildman–Crippen LogP) is 4.91. The highest BCUT2D eigenvalue weighted by Crippen LogP contribution is 2.50. The molecular formula is C27H20ClN3O4S. The minimum atomic E-state index is -1.04. The molecule has 2 fully saturated rings. The molecule has 0 bridgehead atoms. The summed E-state index contributed by atoms with van der Waals surface area (Å²) in [6.45, 7) is 1.93. The Morgan fingerprint density at radius 3 is 2.03 bits per heavy atom. The number of fused-ring (bicyclic) bond motifs is 1. The highest BCUT2D eigenvalue weighted by Gasteiger charge is 2.61. The molecule has 180 valence electrons. The van der Waals surface area contributed by atoms with Gasteiger partial charge < -0.3 is 0 Å². The second-order valence-electron chi connectivity index (χ2n) is 8.70. The smallest absolute Gasteiger partial charge is 0.273 e. The number of carbonyl (C=O) groups excluding carboxylic acids is 2. The molecule has 4 aromatic rings. The molecule has 2 amide bonds. The van der Waals surface area contributed by atoms with E-state index >= 15 is 0 Å². The maximum atomic E-state index is 13.8. The van der Waals surface area contributed by atoms with Crippen molar-refractivity contribution in [2.24, 2.45) is 5.92 Å². The quantitative estimate of drug-likeness (QED) is 0.360. The van der Waals surface area contributed by atoms with Gasteiger partial charge in [0.05, 0.1) is 21.9 Å². The summed E-state index contributed by atoms with van der Waals surface area (Å²) in [7, 11) is 0. The Balaban J connectivity index is 1.48. The Labute approximate surface area is 215 Å². The molecular weight excluding hydrogens is 498 g/mol. The van der Waals surface area contributed by atoms with Gasteiger partial charge in [-0.25, -0.2) is 9.96 Å². The van der Waals surface area contributed by atoms with E-state index in [-0.39, 0.29) is 15.9 Å². The number of halogens is 1. The standard InChI is InChI=1S/C27H20ClN3O4S/c1-16-12-14-18(15-13-16)30-25(32)20-21(31(35-22(20)26(30)33)19-10-6-3-7-11-19)23-24(28)29(27(34)36-23)17-8-4-2-5-9-17/h2-15,20-22H,1H3/t20-,21+,22+/m1/s1. The molecule has 2 aliphatic rings. The van der Waals surface area contributed by atoms with E-state index in [1.165, 1.54) is 9.47 Å². The van der Waals surface area contributed by atoms with Gasteiger partial charge in [-0.15, -0.1) is 0 Å². The molecule has 0 N–H and O–H groups in total.